The molecule has 0 radical (unpaired) electrons. The van der Waals surface area contributed by atoms with Crippen LogP contribution in [0.25, 0.3) is 0 Å². The Balaban J connectivity index is 1.82. The Hall–Kier alpha value is -0.900. The van der Waals surface area contributed by atoms with Gasteiger partial charge in [0.25, 0.3) is 0 Å². The molecule has 2 rings (SSSR count). The van der Waals surface area contributed by atoms with Gasteiger partial charge in [0, 0.05) is 24.4 Å². The summed E-state index contributed by atoms with van der Waals surface area (Å²) in [5.41, 5.74) is 0.145. The molecule has 0 atom stereocenters. The van der Waals surface area contributed by atoms with Gasteiger partial charge in [0.2, 0.25) is 5.89 Å². The van der Waals surface area contributed by atoms with E-state index in [4.69, 9.17) is 4.52 Å². The fourth-order valence-electron chi connectivity index (χ4n) is 2.44. The average molecular weight is 251 g/mol. The van der Waals surface area contributed by atoms with Crippen LogP contribution in [0.1, 0.15) is 70.5 Å². The zero-order valence-electron chi connectivity index (χ0n) is 11.8. The number of hydrogen-bond acceptors (Lipinski definition) is 4. The number of nitrogens with zero attached hydrogens (tertiary/aromatic N) is 2. The Labute approximate surface area is 110 Å². The Morgan fingerprint density at radius 3 is 2.61 bits per heavy atom. The molecule has 18 heavy (non-hydrogen) atoms. The number of rotatable bonds is 4. The molecule has 0 bridgehead atoms. The molecule has 1 aromatic heterocycles. The van der Waals surface area contributed by atoms with Crippen molar-refractivity contribution in [3.05, 3.63) is 11.7 Å². The highest BCUT2D eigenvalue weighted by atomic mass is 16.5. The summed E-state index contributed by atoms with van der Waals surface area (Å²) in [7, 11) is 0. The minimum atomic E-state index is 0.145. The van der Waals surface area contributed by atoms with Gasteiger partial charge in [-0.15, -0.1) is 0 Å². The van der Waals surface area contributed by atoms with Crippen molar-refractivity contribution in [1.82, 2.24) is 15.5 Å². The second kappa shape index (κ2) is 5.83. The molecule has 1 aromatic rings. The first kappa shape index (κ1) is 13.5. The molecule has 0 spiro atoms. The zero-order chi connectivity index (χ0) is 13.0. The normalized spacial score (nSPS) is 18.2. The fraction of sp³-hybridized carbons (Fsp3) is 0.857. The first-order valence-corrected chi connectivity index (χ1v) is 7.12. The maximum Gasteiger partial charge on any atom is 0.227 e. The molecule has 0 aliphatic heterocycles. The molecule has 1 heterocycles. The fourth-order valence-corrected chi connectivity index (χ4v) is 2.44. The monoisotopic (exact) mass is 251 g/mol. The van der Waals surface area contributed by atoms with Gasteiger partial charge in [-0.1, -0.05) is 24.4 Å². The molecular weight excluding hydrogens is 226 g/mol. The van der Waals surface area contributed by atoms with E-state index >= 15 is 0 Å². The summed E-state index contributed by atoms with van der Waals surface area (Å²) < 4.78 is 5.33. The molecule has 0 unspecified atom stereocenters. The van der Waals surface area contributed by atoms with E-state index in [2.05, 4.69) is 36.2 Å². The second-order valence-electron chi connectivity index (χ2n) is 6.31. The third-order valence-electron chi connectivity index (χ3n) is 3.45. The molecule has 4 heteroatoms. The van der Waals surface area contributed by atoms with E-state index in [9.17, 15) is 0 Å². The van der Waals surface area contributed by atoms with E-state index in [0.29, 0.717) is 5.92 Å². The van der Waals surface area contributed by atoms with E-state index in [-0.39, 0.29) is 5.54 Å². The Kier molecular flexibility index (Phi) is 4.38. The van der Waals surface area contributed by atoms with Gasteiger partial charge in [-0.3, -0.25) is 0 Å². The van der Waals surface area contributed by atoms with E-state index in [1.165, 1.54) is 32.1 Å². The van der Waals surface area contributed by atoms with Crippen LogP contribution in [-0.2, 0) is 6.42 Å². The summed E-state index contributed by atoms with van der Waals surface area (Å²) in [4.78, 5) is 4.54. The van der Waals surface area contributed by atoms with Crippen molar-refractivity contribution in [3.63, 3.8) is 0 Å². The van der Waals surface area contributed by atoms with E-state index in [1.54, 1.807) is 0 Å². The lowest BCUT2D eigenvalue weighted by Gasteiger charge is -2.19. The lowest BCUT2D eigenvalue weighted by Crippen LogP contribution is -2.37. The quantitative estimate of drug-likeness (QED) is 0.893. The molecule has 102 valence electrons. The molecule has 4 nitrogen and oxygen atoms in total. The van der Waals surface area contributed by atoms with Crippen LogP contribution in [-0.4, -0.2) is 22.2 Å². The zero-order valence-corrected chi connectivity index (χ0v) is 11.8. The average Bonchev–Trinajstić information content (AvgIpc) is 2.77. The van der Waals surface area contributed by atoms with Gasteiger partial charge in [0.15, 0.2) is 5.82 Å². The van der Waals surface area contributed by atoms with Crippen LogP contribution < -0.4 is 5.32 Å². The Morgan fingerprint density at radius 1 is 1.22 bits per heavy atom. The van der Waals surface area contributed by atoms with Gasteiger partial charge in [0.1, 0.15) is 0 Å². The van der Waals surface area contributed by atoms with Crippen molar-refractivity contribution >= 4 is 0 Å². The molecule has 0 saturated heterocycles. The van der Waals surface area contributed by atoms with Gasteiger partial charge in [-0.25, -0.2) is 0 Å². The van der Waals surface area contributed by atoms with Crippen molar-refractivity contribution in [2.45, 2.75) is 70.8 Å². The van der Waals surface area contributed by atoms with E-state index in [1.807, 2.05) is 0 Å². The third-order valence-corrected chi connectivity index (χ3v) is 3.45. The maximum atomic E-state index is 5.33. The highest BCUT2D eigenvalue weighted by Crippen LogP contribution is 2.30. The lowest BCUT2D eigenvalue weighted by molar-refractivity contribution is 0.348. The predicted octanol–water partition coefficient (Wildman–Crippen LogP) is 3.05. The van der Waals surface area contributed by atoms with Crippen LogP contribution >= 0.6 is 0 Å². The van der Waals surface area contributed by atoms with Crippen molar-refractivity contribution in [1.29, 1.82) is 0 Å². The summed E-state index contributed by atoms with van der Waals surface area (Å²) in [5, 5.41) is 7.57. The van der Waals surface area contributed by atoms with Crippen LogP contribution in [0.4, 0.5) is 0 Å². The highest BCUT2D eigenvalue weighted by molar-refractivity contribution is 4.97. The van der Waals surface area contributed by atoms with Crippen molar-refractivity contribution < 1.29 is 4.52 Å². The minimum absolute atomic E-state index is 0.145. The number of hydrogen-bond donors (Lipinski definition) is 1. The summed E-state index contributed by atoms with van der Waals surface area (Å²) in [6.45, 7) is 7.37. The van der Waals surface area contributed by atoms with E-state index < -0.39 is 0 Å². The van der Waals surface area contributed by atoms with Gasteiger partial charge in [-0.2, -0.15) is 4.98 Å². The van der Waals surface area contributed by atoms with Gasteiger partial charge in [-0.05, 0) is 33.6 Å². The molecule has 1 aliphatic rings. The van der Waals surface area contributed by atoms with Crippen molar-refractivity contribution in [3.8, 4) is 0 Å². The molecular formula is C14H25N3O. The molecule has 1 saturated carbocycles. The standard InChI is InChI=1S/C14H25N3O/c1-14(2,3)15-10-9-12-16-13(17-18-12)11-7-5-4-6-8-11/h11,15H,4-10H2,1-3H3. The SMILES string of the molecule is CC(C)(C)NCCc1nc(C2CCCCC2)no1. The minimum Gasteiger partial charge on any atom is -0.339 e. The Bertz CT molecular complexity index is 361. The van der Waals surface area contributed by atoms with Crippen LogP contribution in [0.2, 0.25) is 0 Å². The smallest absolute Gasteiger partial charge is 0.227 e. The van der Waals surface area contributed by atoms with Crippen LogP contribution in [0.3, 0.4) is 0 Å². The van der Waals surface area contributed by atoms with Gasteiger partial charge >= 0.3 is 0 Å². The van der Waals surface area contributed by atoms with E-state index in [0.717, 1.165) is 24.7 Å². The number of aromatic nitrogens is 2. The summed E-state index contributed by atoms with van der Waals surface area (Å²) in [6.07, 6.45) is 7.23. The van der Waals surface area contributed by atoms with Gasteiger partial charge < -0.3 is 9.84 Å². The molecule has 1 fully saturated rings. The molecule has 0 aromatic carbocycles. The lowest BCUT2D eigenvalue weighted by atomic mass is 9.89. The number of nitrogens with one attached hydrogen (secondary N) is 1. The van der Waals surface area contributed by atoms with Crippen LogP contribution in [0.15, 0.2) is 4.52 Å². The van der Waals surface area contributed by atoms with Crippen LogP contribution in [0.5, 0.6) is 0 Å². The van der Waals surface area contributed by atoms with Gasteiger partial charge in [0.05, 0.1) is 0 Å². The predicted molar refractivity (Wildman–Crippen MR) is 71.6 cm³/mol. The third kappa shape index (κ3) is 4.09. The first-order valence-electron chi connectivity index (χ1n) is 7.12. The van der Waals surface area contributed by atoms with Crippen molar-refractivity contribution in [2.24, 2.45) is 0 Å². The molecule has 0 amide bonds. The molecule has 1 aliphatic carbocycles. The highest BCUT2D eigenvalue weighted by Gasteiger charge is 2.20. The van der Waals surface area contributed by atoms with Crippen molar-refractivity contribution in [2.75, 3.05) is 6.54 Å². The molecule has 1 N–H and O–H groups in total. The first-order chi connectivity index (χ1) is 8.54. The Morgan fingerprint density at radius 2 is 1.94 bits per heavy atom. The largest absolute Gasteiger partial charge is 0.339 e. The topological polar surface area (TPSA) is 51.0 Å². The summed E-state index contributed by atoms with van der Waals surface area (Å²) in [6, 6.07) is 0. The van der Waals surface area contributed by atoms with Crippen LogP contribution in [0, 0.1) is 0 Å². The summed E-state index contributed by atoms with van der Waals surface area (Å²) in [5.74, 6) is 2.24. The maximum absolute atomic E-state index is 5.33. The summed E-state index contributed by atoms with van der Waals surface area (Å²) >= 11 is 0. The second-order valence-corrected chi connectivity index (χ2v) is 6.31.